The van der Waals surface area contributed by atoms with Crippen LogP contribution in [0.15, 0.2) is 47.6 Å². The van der Waals surface area contributed by atoms with Gasteiger partial charge in [0.2, 0.25) is 5.79 Å². The van der Waals surface area contributed by atoms with Crippen molar-refractivity contribution >= 4 is 29.2 Å². The number of nitrogens with zero attached hydrogens (tertiary/aromatic N) is 1. The molecule has 1 amide bonds. The highest BCUT2D eigenvalue weighted by molar-refractivity contribution is 6.39. The minimum Gasteiger partial charge on any atom is -0.460 e. The molecule has 0 aromatic rings. The summed E-state index contributed by atoms with van der Waals surface area (Å²) in [5.41, 5.74) is 1.27. The molecule has 2 bridgehead atoms. The van der Waals surface area contributed by atoms with E-state index in [2.05, 4.69) is 0 Å². The summed E-state index contributed by atoms with van der Waals surface area (Å²) in [6, 6.07) is -1.14. The number of ketones is 3. The topological polar surface area (TPSA) is 195 Å². The first kappa shape index (κ1) is 54.2. The standard InChI is InChI=1S/C51H79NO13/c1-30-16-12-11-13-17-31(2)42(61-8)28-38-21-19-36(7)51(60,65-38)48(57)49(58)52-23-15-14-18-39(52)50(59)64-43(33(4)26-37-20-22-40(53)44(27-37)62-9)29-41(54)32(3)25-35(6)46(56)47(63-10)45(55)34(5)24-30/h11-13,16-17,25,30,32-34,36-40,42-44,46-47,53,56,60H,14-15,18-24,26-29H2,1-10H3/b13-11+,16-12+,31-17+,35-25+/t30-,32-,33?,34-,36-,37+,38?,39+,40-,42+,43+,44-,46-,47+,51-/m1/s1. The molecule has 366 valence electrons. The first-order chi connectivity index (χ1) is 30.7. The van der Waals surface area contributed by atoms with Crippen LogP contribution in [-0.2, 0) is 47.7 Å². The Hall–Kier alpha value is -3.37. The Morgan fingerprint density at radius 1 is 0.846 bits per heavy atom. The van der Waals surface area contributed by atoms with Crippen molar-refractivity contribution in [2.45, 2.75) is 180 Å². The van der Waals surface area contributed by atoms with E-state index in [0.29, 0.717) is 63.4 Å². The predicted molar refractivity (Wildman–Crippen MR) is 245 cm³/mol. The number of allylic oxidation sites excluding steroid dienone is 6. The summed E-state index contributed by atoms with van der Waals surface area (Å²) < 4.78 is 29.4. The number of esters is 1. The summed E-state index contributed by atoms with van der Waals surface area (Å²) >= 11 is 0. The minimum atomic E-state index is -2.43. The quantitative estimate of drug-likeness (QED) is 0.156. The van der Waals surface area contributed by atoms with E-state index in [1.165, 1.54) is 12.0 Å². The molecule has 3 fully saturated rings. The number of hydrogen-bond acceptors (Lipinski definition) is 13. The maximum atomic E-state index is 14.4. The Bertz CT molecular complexity index is 1760. The number of cyclic esters (lactones) is 1. The van der Waals surface area contributed by atoms with Crippen LogP contribution in [0.2, 0.25) is 0 Å². The molecule has 0 aromatic heterocycles. The number of ether oxygens (including phenoxy) is 5. The highest BCUT2D eigenvalue weighted by Crippen LogP contribution is 2.38. The Morgan fingerprint density at radius 3 is 2.25 bits per heavy atom. The SMILES string of the molecule is CO[C@H]1CC2CC[C@@H](C)[C@@](O)(O2)C(=O)C(=O)N2CCCC[C@H]2C(=O)O[C@H](C(C)C[C@@H]2CC[C@@H](O)[C@H](OC)C2)CC(=O)[C@H](C)/C=C(\C)[C@@H](O)[C@@H](OC)C(=O)[C@H](C)C[C@H](C)/C=C/C=C/C=C/1C. The van der Waals surface area contributed by atoms with E-state index >= 15 is 0 Å². The molecule has 0 spiro atoms. The number of Topliss-reactive ketones (excluding diaryl/α,β-unsaturated/α-hetero) is 3. The van der Waals surface area contributed by atoms with E-state index in [0.717, 1.165) is 12.0 Å². The molecular weight excluding hydrogens is 835 g/mol. The maximum Gasteiger partial charge on any atom is 0.329 e. The summed E-state index contributed by atoms with van der Waals surface area (Å²) in [5.74, 6) is -7.96. The number of piperidine rings is 1. The monoisotopic (exact) mass is 914 g/mol. The van der Waals surface area contributed by atoms with Crippen LogP contribution in [0.4, 0.5) is 0 Å². The zero-order valence-corrected chi connectivity index (χ0v) is 40.6. The molecular formula is C51H79NO13. The van der Waals surface area contributed by atoms with E-state index in [1.54, 1.807) is 41.1 Å². The van der Waals surface area contributed by atoms with Crippen LogP contribution in [0.25, 0.3) is 0 Å². The van der Waals surface area contributed by atoms with E-state index in [-0.39, 0.29) is 54.8 Å². The van der Waals surface area contributed by atoms with E-state index in [4.69, 9.17) is 23.7 Å². The second-order valence-corrected chi connectivity index (χ2v) is 19.6. The second-order valence-electron chi connectivity index (χ2n) is 19.6. The van der Waals surface area contributed by atoms with Crippen LogP contribution in [-0.4, -0.2) is 132 Å². The summed E-state index contributed by atoms with van der Waals surface area (Å²) in [6.45, 7) is 12.7. The number of aliphatic hydroxyl groups is 3. The lowest BCUT2D eigenvalue weighted by Crippen LogP contribution is -2.61. The van der Waals surface area contributed by atoms with Gasteiger partial charge < -0.3 is 43.9 Å². The van der Waals surface area contributed by atoms with Gasteiger partial charge in [-0.15, -0.1) is 0 Å². The summed E-state index contributed by atoms with van der Waals surface area (Å²) in [5, 5.41) is 33.8. The molecule has 1 saturated carbocycles. The van der Waals surface area contributed by atoms with Crippen molar-refractivity contribution in [1.29, 1.82) is 0 Å². The minimum absolute atomic E-state index is 0.0193. The van der Waals surface area contributed by atoms with Crippen molar-refractivity contribution in [3.05, 3.63) is 47.6 Å². The van der Waals surface area contributed by atoms with E-state index < -0.39 is 83.9 Å². The number of methoxy groups -OCH3 is 3. The molecule has 4 aliphatic rings. The highest BCUT2D eigenvalue weighted by atomic mass is 16.6. The fourth-order valence-corrected chi connectivity index (χ4v) is 10.1. The summed E-state index contributed by atoms with van der Waals surface area (Å²) in [7, 11) is 4.52. The van der Waals surface area contributed by atoms with E-state index in [1.807, 2.05) is 58.1 Å². The van der Waals surface area contributed by atoms with Gasteiger partial charge in [0.25, 0.3) is 11.7 Å². The van der Waals surface area contributed by atoms with E-state index in [9.17, 15) is 39.3 Å². The third-order valence-electron chi connectivity index (χ3n) is 14.5. The summed E-state index contributed by atoms with van der Waals surface area (Å²) in [6.07, 6.45) is 11.2. The van der Waals surface area contributed by atoms with Gasteiger partial charge in [0.15, 0.2) is 5.78 Å². The Kier molecular flexibility index (Phi) is 21.0. The van der Waals surface area contributed by atoms with Crippen LogP contribution < -0.4 is 0 Å². The van der Waals surface area contributed by atoms with Crippen LogP contribution >= 0.6 is 0 Å². The molecule has 2 unspecified atom stereocenters. The third kappa shape index (κ3) is 14.3. The number of aliphatic hydroxyl groups excluding tert-OH is 2. The van der Waals surface area contributed by atoms with Crippen LogP contribution in [0.5, 0.6) is 0 Å². The average molecular weight is 914 g/mol. The number of hydrogen-bond donors (Lipinski definition) is 3. The third-order valence-corrected chi connectivity index (χ3v) is 14.5. The maximum absolute atomic E-state index is 14.4. The summed E-state index contributed by atoms with van der Waals surface area (Å²) in [4.78, 5) is 71.8. The molecule has 1 aliphatic carbocycles. The van der Waals surface area contributed by atoms with Gasteiger partial charge in [0, 0.05) is 58.5 Å². The fraction of sp³-hybridized carbons (Fsp3) is 0.745. The second kappa shape index (κ2) is 25.1. The molecule has 3 aliphatic heterocycles. The Balaban J connectivity index is 1.70. The molecule has 3 heterocycles. The van der Waals surface area contributed by atoms with Crippen LogP contribution in [0.1, 0.15) is 126 Å². The molecule has 4 rings (SSSR count). The van der Waals surface area contributed by atoms with Crippen LogP contribution in [0, 0.1) is 35.5 Å². The molecule has 14 heteroatoms. The molecule has 0 aromatic carbocycles. The van der Waals surface area contributed by atoms with Gasteiger partial charge >= 0.3 is 5.97 Å². The molecule has 14 nitrogen and oxygen atoms in total. The van der Waals surface area contributed by atoms with Gasteiger partial charge in [-0.25, -0.2) is 4.79 Å². The lowest BCUT2D eigenvalue weighted by molar-refractivity contribution is -0.265. The number of rotatable bonds is 6. The Morgan fingerprint density at radius 2 is 1.57 bits per heavy atom. The van der Waals surface area contributed by atoms with Gasteiger partial charge in [-0.05, 0) is 107 Å². The van der Waals surface area contributed by atoms with Gasteiger partial charge in [0.05, 0.1) is 24.4 Å². The fourth-order valence-electron chi connectivity index (χ4n) is 10.1. The molecule has 65 heavy (non-hydrogen) atoms. The number of carbonyl (C=O) groups is 5. The first-order valence-electron chi connectivity index (χ1n) is 23.9. The molecule has 2 saturated heterocycles. The van der Waals surface area contributed by atoms with Crippen LogP contribution in [0.3, 0.4) is 0 Å². The van der Waals surface area contributed by atoms with Crippen molar-refractivity contribution in [1.82, 2.24) is 4.90 Å². The van der Waals surface area contributed by atoms with Crippen molar-refractivity contribution in [2.24, 2.45) is 35.5 Å². The zero-order chi connectivity index (χ0) is 48.2. The lowest BCUT2D eigenvalue weighted by atomic mass is 9.78. The molecule has 3 N–H and O–H groups in total. The number of carbonyl (C=O) groups excluding carboxylic acids is 5. The first-order valence-corrected chi connectivity index (χ1v) is 23.9. The number of amides is 1. The smallest absolute Gasteiger partial charge is 0.329 e. The van der Waals surface area contributed by atoms with Gasteiger partial charge in [0.1, 0.15) is 30.1 Å². The number of fused-ring (bicyclic) bond motifs is 3. The van der Waals surface area contributed by atoms with Crippen molar-refractivity contribution in [3.8, 4) is 0 Å². The molecule has 15 atom stereocenters. The zero-order valence-electron chi connectivity index (χ0n) is 40.6. The Labute approximate surface area is 387 Å². The van der Waals surface area contributed by atoms with Crippen molar-refractivity contribution in [2.75, 3.05) is 27.9 Å². The lowest BCUT2D eigenvalue weighted by Gasteiger charge is -2.42. The van der Waals surface area contributed by atoms with Gasteiger partial charge in [-0.2, -0.15) is 0 Å². The highest BCUT2D eigenvalue weighted by Gasteiger charge is 2.53. The van der Waals surface area contributed by atoms with Crippen molar-refractivity contribution in [3.63, 3.8) is 0 Å². The normalized spacial score (nSPS) is 40.4. The van der Waals surface area contributed by atoms with Crippen molar-refractivity contribution < 1.29 is 63.0 Å². The predicted octanol–water partition coefficient (Wildman–Crippen LogP) is 6.18. The van der Waals surface area contributed by atoms with Gasteiger partial charge in [-0.1, -0.05) is 71.1 Å². The molecule has 0 radical (unpaired) electrons. The average Bonchev–Trinajstić information content (AvgIpc) is 3.28. The van der Waals surface area contributed by atoms with Gasteiger partial charge in [-0.3, -0.25) is 19.2 Å². The largest absolute Gasteiger partial charge is 0.460 e.